The second kappa shape index (κ2) is 13.6. The summed E-state index contributed by atoms with van der Waals surface area (Å²) in [6.07, 6.45) is 0. The molecule has 0 bridgehead atoms. The Morgan fingerprint density at radius 2 is 0.652 bits per heavy atom. The Morgan fingerprint density at radius 1 is 0.318 bits per heavy atom. The summed E-state index contributed by atoms with van der Waals surface area (Å²) in [6, 6.07) is 75.0. The van der Waals surface area contributed by atoms with E-state index in [0.29, 0.717) is 28.3 Å². The van der Waals surface area contributed by atoms with Gasteiger partial charge in [-0.3, -0.25) is 0 Å². The van der Waals surface area contributed by atoms with Crippen LogP contribution in [0.15, 0.2) is 206 Å². The molecule has 0 aliphatic carbocycles. The number of aromatic nitrogens is 4. The summed E-state index contributed by atoms with van der Waals surface area (Å²) in [7, 11) is 0. The molecule has 4 heterocycles. The number of nitrogens with zero attached hydrogens (tertiary/aromatic N) is 6. The number of rotatable bonds is 4. The van der Waals surface area contributed by atoms with Crippen molar-refractivity contribution in [1.82, 2.24) is 18.3 Å². The van der Waals surface area contributed by atoms with Gasteiger partial charge in [0.25, 0.3) is 0 Å². The van der Waals surface area contributed by atoms with Gasteiger partial charge in [0.1, 0.15) is 6.07 Å². The molecule has 14 aromatic rings. The Balaban J connectivity index is 1.35. The van der Waals surface area contributed by atoms with Gasteiger partial charge in [-0.25, -0.2) is 4.85 Å². The quantitative estimate of drug-likeness (QED) is 0.163. The zero-order valence-corrected chi connectivity index (χ0v) is 35.3. The highest BCUT2D eigenvalue weighted by atomic mass is 15.1. The lowest BCUT2D eigenvalue weighted by Gasteiger charge is -2.27. The lowest BCUT2D eigenvalue weighted by molar-refractivity contribution is 1.03. The molecule has 0 amide bonds. The third-order valence-electron chi connectivity index (χ3n) is 13.8. The molecule has 0 saturated heterocycles. The molecule has 10 aromatic carbocycles. The van der Waals surface area contributed by atoms with Gasteiger partial charge >= 0.3 is 0 Å². The van der Waals surface area contributed by atoms with E-state index in [2.05, 4.69) is 231 Å². The van der Waals surface area contributed by atoms with Gasteiger partial charge in [-0.1, -0.05) is 164 Å². The van der Waals surface area contributed by atoms with Gasteiger partial charge in [-0.05, 0) is 47.9 Å². The number of para-hydroxylation sites is 7. The Labute approximate surface area is 377 Å². The molecule has 14 rings (SSSR count). The SMILES string of the molecule is [C-]#[N+]c1c(-n2c3ccccc3c3ccccc32)c(-n2c3ccccc3c3ccccc32)c(-n2c3ccccc3c3ccccc32)c(C#N)c1-n1c2ccccc2c2ccc3ccccc3c21. The highest BCUT2D eigenvalue weighted by Gasteiger charge is 2.34. The summed E-state index contributed by atoms with van der Waals surface area (Å²) in [5.41, 5.74) is 11.0. The molecule has 0 radical (unpaired) electrons. The number of fused-ring (bicyclic) bond motifs is 14. The van der Waals surface area contributed by atoms with Crippen molar-refractivity contribution >= 4 is 104 Å². The van der Waals surface area contributed by atoms with Crippen LogP contribution in [0.1, 0.15) is 5.56 Å². The highest BCUT2D eigenvalue weighted by molar-refractivity contribution is 6.21. The summed E-state index contributed by atoms with van der Waals surface area (Å²) in [5, 5.41) is 23.0. The molecule has 0 atom stereocenters. The van der Waals surface area contributed by atoms with E-state index in [1.165, 1.54) is 0 Å². The van der Waals surface area contributed by atoms with Crippen LogP contribution in [0.4, 0.5) is 5.69 Å². The average molecular weight is 839 g/mol. The molecule has 0 aliphatic rings. The third kappa shape index (κ3) is 4.66. The van der Waals surface area contributed by atoms with Crippen LogP contribution in [0.3, 0.4) is 0 Å². The van der Waals surface area contributed by atoms with E-state index in [-0.39, 0.29) is 0 Å². The van der Waals surface area contributed by atoms with Gasteiger partial charge in [0.2, 0.25) is 5.69 Å². The normalized spacial score (nSPS) is 11.9. The monoisotopic (exact) mass is 838 g/mol. The van der Waals surface area contributed by atoms with Crippen molar-refractivity contribution in [2.24, 2.45) is 0 Å². The molecule has 0 N–H and O–H groups in total. The summed E-state index contributed by atoms with van der Waals surface area (Å²) < 4.78 is 9.14. The van der Waals surface area contributed by atoms with Gasteiger partial charge in [-0.15, -0.1) is 0 Å². The van der Waals surface area contributed by atoms with Crippen molar-refractivity contribution in [3.63, 3.8) is 0 Å². The van der Waals surface area contributed by atoms with Crippen LogP contribution in [0.25, 0.3) is 126 Å². The van der Waals surface area contributed by atoms with Crippen LogP contribution in [0.5, 0.6) is 0 Å². The Morgan fingerprint density at radius 3 is 1.06 bits per heavy atom. The van der Waals surface area contributed by atoms with E-state index in [4.69, 9.17) is 4.85 Å². The van der Waals surface area contributed by atoms with E-state index < -0.39 is 0 Å². The van der Waals surface area contributed by atoms with E-state index in [1.54, 1.807) is 0 Å². The minimum absolute atomic E-state index is 0.370. The Kier molecular flexibility index (Phi) is 7.43. The Bertz CT molecular complexity index is 4190. The third-order valence-corrected chi connectivity index (χ3v) is 13.8. The minimum atomic E-state index is 0.370. The lowest BCUT2D eigenvalue weighted by Crippen LogP contribution is -2.14. The molecule has 6 heteroatoms. The molecular formula is C60H34N6. The first-order chi connectivity index (χ1) is 32.7. The predicted molar refractivity (Wildman–Crippen MR) is 272 cm³/mol. The van der Waals surface area contributed by atoms with Crippen LogP contribution >= 0.6 is 0 Å². The maximum atomic E-state index is 12.3. The predicted octanol–water partition coefficient (Wildman–Crippen LogP) is 15.7. The van der Waals surface area contributed by atoms with Crippen LogP contribution < -0.4 is 0 Å². The first kappa shape index (κ1) is 36.2. The van der Waals surface area contributed by atoms with Crippen molar-refractivity contribution < 1.29 is 0 Å². The largest absolute Gasteiger partial charge is 0.317 e. The maximum absolute atomic E-state index is 12.3. The molecule has 0 aliphatic heterocycles. The minimum Gasteiger partial charge on any atom is -0.317 e. The van der Waals surface area contributed by atoms with Crippen LogP contribution in [0, 0.1) is 17.9 Å². The number of hydrogen-bond donors (Lipinski definition) is 0. The topological polar surface area (TPSA) is 47.9 Å². The van der Waals surface area contributed by atoms with Crippen LogP contribution in [0.2, 0.25) is 0 Å². The van der Waals surface area contributed by atoms with Gasteiger partial charge in [-0.2, -0.15) is 5.26 Å². The van der Waals surface area contributed by atoms with E-state index in [0.717, 1.165) is 104 Å². The summed E-state index contributed by atoms with van der Waals surface area (Å²) in [6.45, 7) is 9.63. The molecule has 6 nitrogen and oxygen atoms in total. The average Bonchev–Trinajstić information content (AvgIpc) is 4.11. The first-order valence-corrected chi connectivity index (χ1v) is 22.1. The van der Waals surface area contributed by atoms with Gasteiger partial charge < -0.3 is 18.3 Å². The second-order valence-electron chi connectivity index (χ2n) is 17.0. The molecule has 4 aromatic heterocycles. The van der Waals surface area contributed by atoms with Crippen molar-refractivity contribution in [2.45, 2.75) is 0 Å². The fourth-order valence-corrected chi connectivity index (χ4v) is 11.2. The van der Waals surface area contributed by atoms with Gasteiger partial charge in [0.15, 0.2) is 0 Å². The number of benzene rings is 10. The lowest BCUT2D eigenvalue weighted by atomic mass is 10.0. The molecule has 66 heavy (non-hydrogen) atoms. The van der Waals surface area contributed by atoms with Gasteiger partial charge in [0, 0.05) is 48.5 Å². The van der Waals surface area contributed by atoms with Crippen LogP contribution in [-0.4, -0.2) is 18.3 Å². The van der Waals surface area contributed by atoms with E-state index in [9.17, 15) is 11.8 Å². The fourth-order valence-electron chi connectivity index (χ4n) is 11.2. The van der Waals surface area contributed by atoms with E-state index >= 15 is 0 Å². The zero-order chi connectivity index (χ0) is 43.6. The second-order valence-corrected chi connectivity index (χ2v) is 17.0. The molecule has 304 valence electrons. The number of hydrogen-bond acceptors (Lipinski definition) is 1. The maximum Gasteiger partial charge on any atom is 0.237 e. The van der Waals surface area contributed by atoms with Crippen molar-refractivity contribution in [3.8, 4) is 28.8 Å². The molecule has 0 unspecified atom stereocenters. The molecule has 0 fully saturated rings. The summed E-state index contributed by atoms with van der Waals surface area (Å²) in [4.78, 5) is 4.71. The first-order valence-electron chi connectivity index (χ1n) is 22.1. The summed E-state index contributed by atoms with van der Waals surface area (Å²) in [5.74, 6) is 0. The van der Waals surface area contributed by atoms with Crippen molar-refractivity contribution in [3.05, 3.63) is 223 Å². The Hall–Kier alpha value is -9.36. The van der Waals surface area contributed by atoms with Crippen LogP contribution in [-0.2, 0) is 0 Å². The molecule has 0 saturated carbocycles. The highest BCUT2D eigenvalue weighted by Crippen LogP contribution is 2.52. The van der Waals surface area contributed by atoms with Crippen molar-refractivity contribution in [2.75, 3.05) is 0 Å². The standard InChI is InChI=1S/C60H34N6/c1-62-55-57(66-54-33-17-10-26-45(54)46-35-34-37-18-2-3-19-38(37)56(46)66)47(36-61)58(63-48-27-11-4-20-39(48)40-21-5-12-28-49(40)63)60(65-52-31-15-8-24-43(52)44-25-9-16-32-53(44)65)59(55)64-50-29-13-6-22-41(50)42-23-7-14-30-51(42)64/h2-35H. The van der Waals surface area contributed by atoms with E-state index in [1.807, 2.05) is 0 Å². The zero-order valence-electron chi connectivity index (χ0n) is 35.3. The summed E-state index contributed by atoms with van der Waals surface area (Å²) >= 11 is 0. The van der Waals surface area contributed by atoms with Crippen molar-refractivity contribution in [1.29, 1.82) is 5.26 Å². The molecular weight excluding hydrogens is 805 g/mol. The fraction of sp³-hybridized carbons (Fsp3) is 0. The van der Waals surface area contributed by atoms with Gasteiger partial charge in [0.05, 0.1) is 79.0 Å². The molecule has 0 spiro atoms. The number of nitriles is 1. The smallest absolute Gasteiger partial charge is 0.237 e.